The largest absolute Gasteiger partial charge is 0.421 e. The highest BCUT2D eigenvalue weighted by molar-refractivity contribution is 5.66. The van der Waals surface area contributed by atoms with Gasteiger partial charge in [-0.15, -0.1) is 0 Å². The van der Waals surface area contributed by atoms with E-state index >= 15 is 0 Å². The quantitative estimate of drug-likeness (QED) is 0.653. The zero-order valence-corrected chi connectivity index (χ0v) is 11.1. The molecule has 1 atom stereocenters. The van der Waals surface area contributed by atoms with E-state index in [0.29, 0.717) is 24.2 Å². The number of halogens is 4. The summed E-state index contributed by atoms with van der Waals surface area (Å²) in [7, 11) is 0. The Bertz CT molecular complexity index is 648. The Hall–Kier alpha value is -2.08. The van der Waals surface area contributed by atoms with Gasteiger partial charge < -0.3 is 10.8 Å². The molecule has 21 heavy (non-hydrogen) atoms. The molecule has 112 valence electrons. The van der Waals surface area contributed by atoms with Gasteiger partial charge in [0, 0.05) is 11.3 Å². The summed E-state index contributed by atoms with van der Waals surface area (Å²) in [6.07, 6.45) is -4.89. The standard InChI is InChI=1S/C15H13F4NO/c1-14(21,15(17,18)19)10-4-7-12(13(16)8-10)9-2-5-11(20)6-3-9/h2-8,21H,20H2,1H3. The first-order valence-electron chi connectivity index (χ1n) is 6.08. The zero-order chi connectivity index (χ0) is 15.8. The van der Waals surface area contributed by atoms with E-state index in [2.05, 4.69) is 0 Å². The lowest BCUT2D eigenvalue weighted by molar-refractivity contribution is -0.258. The molecule has 0 aromatic heterocycles. The van der Waals surface area contributed by atoms with E-state index in [9.17, 15) is 22.7 Å². The third-order valence-electron chi connectivity index (χ3n) is 3.30. The van der Waals surface area contributed by atoms with Crippen LogP contribution in [0.1, 0.15) is 12.5 Å². The third-order valence-corrected chi connectivity index (χ3v) is 3.30. The van der Waals surface area contributed by atoms with Crippen molar-refractivity contribution in [2.24, 2.45) is 0 Å². The fourth-order valence-corrected chi connectivity index (χ4v) is 1.88. The second kappa shape index (κ2) is 5.04. The Morgan fingerprint density at radius 2 is 1.57 bits per heavy atom. The summed E-state index contributed by atoms with van der Waals surface area (Å²) in [6.45, 7) is 0.588. The molecule has 0 saturated carbocycles. The van der Waals surface area contributed by atoms with Crippen LogP contribution in [-0.4, -0.2) is 11.3 Å². The summed E-state index contributed by atoms with van der Waals surface area (Å²) in [6, 6.07) is 9.21. The van der Waals surface area contributed by atoms with Crippen LogP contribution < -0.4 is 5.73 Å². The summed E-state index contributed by atoms with van der Waals surface area (Å²) >= 11 is 0. The lowest BCUT2D eigenvalue weighted by atomic mass is 9.93. The molecule has 6 heteroatoms. The van der Waals surface area contributed by atoms with Gasteiger partial charge in [0.2, 0.25) is 0 Å². The van der Waals surface area contributed by atoms with Crippen molar-refractivity contribution in [1.29, 1.82) is 0 Å². The fraction of sp³-hybridized carbons (Fsp3) is 0.200. The maximum atomic E-state index is 14.0. The number of alkyl halides is 3. The van der Waals surface area contributed by atoms with E-state index in [-0.39, 0.29) is 5.56 Å². The summed E-state index contributed by atoms with van der Waals surface area (Å²) < 4.78 is 52.2. The molecule has 0 spiro atoms. The highest BCUT2D eigenvalue weighted by atomic mass is 19.4. The summed E-state index contributed by atoms with van der Waals surface area (Å²) in [5, 5.41) is 9.54. The second-order valence-corrected chi connectivity index (χ2v) is 4.89. The van der Waals surface area contributed by atoms with Gasteiger partial charge in [-0.25, -0.2) is 4.39 Å². The molecule has 0 bridgehead atoms. The molecule has 0 aliphatic carbocycles. The van der Waals surface area contributed by atoms with Crippen molar-refractivity contribution in [3.8, 4) is 11.1 Å². The van der Waals surface area contributed by atoms with Gasteiger partial charge in [0.25, 0.3) is 0 Å². The van der Waals surface area contributed by atoms with Crippen molar-refractivity contribution in [1.82, 2.24) is 0 Å². The molecular weight excluding hydrogens is 286 g/mol. The Morgan fingerprint density at radius 1 is 1.00 bits per heavy atom. The molecule has 3 N–H and O–H groups in total. The smallest absolute Gasteiger partial charge is 0.399 e. The number of nitrogen functional groups attached to an aromatic ring is 1. The van der Waals surface area contributed by atoms with Crippen LogP contribution in [0.4, 0.5) is 23.2 Å². The summed E-state index contributed by atoms with van der Waals surface area (Å²) in [5.41, 5.74) is 2.98. The van der Waals surface area contributed by atoms with Crippen molar-refractivity contribution in [2.45, 2.75) is 18.7 Å². The Morgan fingerprint density at radius 3 is 2.05 bits per heavy atom. The lowest BCUT2D eigenvalue weighted by Gasteiger charge is -2.27. The molecule has 0 radical (unpaired) electrons. The van der Waals surface area contributed by atoms with Crippen LogP contribution in [0.15, 0.2) is 42.5 Å². The van der Waals surface area contributed by atoms with Crippen molar-refractivity contribution in [3.63, 3.8) is 0 Å². The summed E-state index contributed by atoms with van der Waals surface area (Å²) in [4.78, 5) is 0. The molecule has 0 aliphatic rings. The number of anilines is 1. The third kappa shape index (κ3) is 2.85. The van der Waals surface area contributed by atoms with E-state index in [1.54, 1.807) is 24.3 Å². The topological polar surface area (TPSA) is 46.2 Å². The first-order chi connectivity index (χ1) is 9.63. The van der Waals surface area contributed by atoms with Crippen molar-refractivity contribution in [2.75, 3.05) is 5.73 Å². The first-order valence-corrected chi connectivity index (χ1v) is 6.08. The van der Waals surface area contributed by atoms with Crippen molar-refractivity contribution in [3.05, 3.63) is 53.8 Å². The van der Waals surface area contributed by atoms with Gasteiger partial charge in [-0.2, -0.15) is 13.2 Å². The van der Waals surface area contributed by atoms with Gasteiger partial charge in [0.05, 0.1) is 0 Å². The van der Waals surface area contributed by atoms with Gasteiger partial charge in [-0.05, 0) is 36.2 Å². The van der Waals surface area contributed by atoms with Gasteiger partial charge in [-0.3, -0.25) is 0 Å². The van der Waals surface area contributed by atoms with Crippen LogP contribution in [0.3, 0.4) is 0 Å². The minimum absolute atomic E-state index is 0.136. The maximum Gasteiger partial charge on any atom is 0.421 e. The van der Waals surface area contributed by atoms with Gasteiger partial charge in [0.15, 0.2) is 5.60 Å². The van der Waals surface area contributed by atoms with E-state index in [1.165, 1.54) is 6.07 Å². The van der Waals surface area contributed by atoms with Crippen LogP contribution in [0, 0.1) is 5.82 Å². The molecule has 2 nitrogen and oxygen atoms in total. The SMILES string of the molecule is CC(O)(c1ccc(-c2ccc(N)cc2)c(F)c1)C(F)(F)F. The molecule has 2 aromatic carbocycles. The van der Waals surface area contributed by atoms with Crippen LogP contribution in [0.5, 0.6) is 0 Å². The van der Waals surface area contributed by atoms with E-state index < -0.39 is 23.2 Å². The Kier molecular flexibility index (Phi) is 3.67. The molecule has 2 rings (SSSR count). The van der Waals surface area contributed by atoms with Gasteiger partial charge in [-0.1, -0.05) is 24.3 Å². The van der Waals surface area contributed by atoms with Crippen LogP contribution in [0.25, 0.3) is 11.1 Å². The molecule has 1 unspecified atom stereocenters. The molecule has 0 fully saturated rings. The number of benzene rings is 2. The second-order valence-electron chi connectivity index (χ2n) is 4.89. The Balaban J connectivity index is 2.45. The number of aliphatic hydroxyl groups is 1. The predicted octanol–water partition coefficient (Wildman–Crippen LogP) is 3.84. The van der Waals surface area contributed by atoms with Crippen molar-refractivity contribution >= 4 is 5.69 Å². The average Bonchev–Trinajstić information content (AvgIpc) is 2.38. The molecule has 0 saturated heterocycles. The minimum atomic E-state index is -4.89. The molecule has 0 heterocycles. The fourth-order valence-electron chi connectivity index (χ4n) is 1.88. The molecule has 2 aromatic rings. The minimum Gasteiger partial charge on any atom is -0.399 e. The number of rotatable bonds is 2. The average molecular weight is 299 g/mol. The monoisotopic (exact) mass is 299 g/mol. The molecular formula is C15H13F4NO. The summed E-state index contributed by atoms with van der Waals surface area (Å²) in [5.74, 6) is -0.846. The highest BCUT2D eigenvalue weighted by Gasteiger charge is 2.51. The van der Waals surface area contributed by atoms with Gasteiger partial charge >= 0.3 is 6.18 Å². The Labute approximate surface area is 118 Å². The predicted molar refractivity (Wildman–Crippen MR) is 71.9 cm³/mol. The van der Waals surface area contributed by atoms with E-state index in [1.807, 2.05) is 0 Å². The number of hydrogen-bond acceptors (Lipinski definition) is 2. The number of nitrogens with two attached hydrogens (primary N) is 1. The molecule has 0 aliphatic heterocycles. The van der Waals surface area contributed by atoms with Gasteiger partial charge in [0.1, 0.15) is 5.82 Å². The normalized spacial score (nSPS) is 14.8. The maximum absolute atomic E-state index is 14.0. The van der Waals surface area contributed by atoms with E-state index in [4.69, 9.17) is 5.73 Å². The lowest BCUT2D eigenvalue weighted by Crippen LogP contribution is -2.39. The zero-order valence-electron chi connectivity index (χ0n) is 11.1. The molecule has 0 amide bonds. The van der Waals surface area contributed by atoms with Crippen LogP contribution >= 0.6 is 0 Å². The van der Waals surface area contributed by atoms with Crippen LogP contribution in [0.2, 0.25) is 0 Å². The first kappa shape index (κ1) is 15.3. The van der Waals surface area contributed by atoms with Crippen molar-refractivity contribution < 1.29 is 22.7 Å². The van der Waals surface area contributed by atoms with Crippen LogP contribution in [-0.2, 0) is 5.60 Å². The van der Waals surface area contributed by atoms with E-state index in [0.717, 1.165) is 6.07 Å². The number of hydrogen-bond donors (Lipinski definition) is 2. The highest BCUT2D eigenvalue weighted by Crippen LogP contribution is 2.39.